The van der Waals surface area contributed by atoms with Gasteiger partial charge in [-0.2, -0.15) is 18.3 Å². The molecule has 2 amide bonds. The molecule has 0 N–H and O–H groups in total. The van der Waals surface area contributed by atoms with Gasteiger partial charge in [-0.05, 0) is 57.0 Å². The van der Waals surface area contributed by atoms with Crippen LogP contribution < -0.4 is 4.31 Å². The van der Waals surface area contributed by atoms with Crippen LogP contribution in [-0.4, -0.2) is 69.7 Å². The monoisotopic (exact) mass is 650 g/mol. The number of aromatic nitrogens is 3. The number of halogens is 4. The fourth-order valence-corrected chi connectivity index (χ4v) is 7.94. The van der Waals surface area contributed by atoms with Crippen LogP contribution in [0.4, 0.5) is 19.0 Å². The molecule has 5 heterocycles. The second kappa shape index (κ2) is 10.8. The molecule has 1 saturated heterocycles. The SMILES string of the molecule is C[C@@H]1Cc2nn3c(c2CN1C(=O)c1ccc(Cl)c(C(F)(F)F)c1)C(=O)N([C@H](C)c1ccc(N2CCCS2(=O)=O)nc1)C[C@H]3C. The highest BCUT2D eigenvalue weighted by Gasteiger charge is 2.41. The van der Waals surface area contributed by atoms with Gasteiger partial charge in [0, 0.05) is 42.9 Å². The number of benzene rings is 1. The molecule has 3 aliphatic rings. The molecule has 0 radical (unpaired) electrons. The fraction of sp³-hybridized carbons (Fsp3) is 0.448. The van der Waals surface area contributed by atoms with E-state index >= 15 is 0 Å². The number of carbonyl (C=O) groups excluding carboxylic acids is 2. The first-order valence-electron chi connectivity index (χ1n) is 14.2. The maximum Gasteiger partial charge on any atom is 0.417 e. The van der Waals surface area contributed by atoms with Crippen molar-refractivity contribution in [2.75, 3.05) is 23.1 Å². The highest BCUT2D eigenvalue weighted by molar-refractivity contribution is 7.93. The van der Waals surface area contributed by atoms with E-state index < -0.39 is 38.7 Å². The summed E-state index contributed by atoms with van der Waals surface area (Å²) in [5.41, 5.74) is 1.08. The third-order valence-electron chi connectivity index (χ3n) is 8.64. The van der Waals surface area contributed by atoms with Crippen LogP contribution in [0.2, 0.25) is 5.02 Å². The molecular formula is C29H30ClF3N6O4S. The van der Waals surface area contributed by atoms with Crippen molar-refractivity contribution >= 4 is 39.3 Å². The van der Waals surface area contributed by atoms with Crippen LogP contribution in [0.3, 0.4) is 0 Å². The maximum absolute atomic E-state index is 14.0. The summed E-state index contributed by atoms with van der Waals surface area (Å²) in [7, 11) is -3.38. The number of nitrogens with zero attached hydrogens (tertiary/aromatic N) is 6. The van der Waals surface area contributed by atoms with Crippen molar-refractivity contribution in [3.63, 3.8) is 0 Å². The number of anilines is 1. The van der Waals surface area contributed by atoms with E-state index in [9.17, 15) is 31.2 Å². The zero-order valence-corrected chi connectivity index (χ0v) is 25.7. The van der Waals surface area contributed by atoms with E-state index in [0.29, 0.717) is 48.7 Å². The molecule has 1 fully saturated rings. The number of amides is 2. The number of carbonyl (C=O) groups is 2. The zero-order valence-electron chi connectivity index (χ0n) is 24.2. The second-order valence-electron chi connectivity index (χ2n) is 11.6. The Bertz CT molecular complexity index is 1760. The molecule has 234 valence electrons. The number of alkyl halides is 3. The molecule has 15 heteroatoms. The Kier molecular flexibility index (Phi) is 7.43. The highest BCUT2D eigenvalue weighted by Crippen LogP contribution is 2.38. The van der Waals surface area contributed by atoms with E-state index in [1.54, 1.807) is 34.8 Å². The van der Waals surface area contributed by atoms with Crippen LogP contribution in [0.5, 0.6) is 0 Å². The quantitative estimate of drug-likeness (QED) is 0.399. The summed E-state index contributed by atoms with van der Waals surface area (Å²) in [6.07, 6.45) is -2.27. The van der Waals surface area contributed by atoms with Gasteiger partial charge in [0.05, 0.1) is 40.7 Å². The summed E-state index contributed by atoms with van der Waals surface area (Å²) in [6, 6.07) is 5.53. The van der Waals surface area contributed by atoms with Crippen LogP contribution >= 0.6 is 11.6 Å². The van der Waals surface area contributed by atoms with Gasteiger partial charge in [-0.15, -0.1) is 0 Å². The molecule has 1 aromatic carbocycles. The number of sulfonamides is 1. The molecular weight excluding hydrogens is 621 g/mol. The Balaban J connectivity index is 1.27. The fourth-order valence-electron chi connectivity index (χ4n) is 6.20. The van der Waals surface area contributed by atoms with Crippen molar-refractivity contribution in [1.82, 2.24) is 24.6 Å². The summed E-state index contributed by atoms with van der Waals surface area (Å²) in [4.78, 5) is 35.1. The summed E-state index contributed by atoms with van der Waals surface area (Å²) in [5.74, 6) is -0.464. The Labute approximate surface area is 257 Å². The number of hydrogen-bond donors (Lipinski definition) is 0. The van der Waals surface area contributed by atoms with Crippen molar-refractivity contribution < 1.29 is 31.2 Å². The summed E-state index contributed by atoms with van der Waals surface area (Å²) in [5, 5.41) is 4.23. The van der Waals surface area contributed by atoms with Gasteiger partial charge in [-0.3, -0.25) is 18.6 Å². The van der Waals surface area contributed by atoms with Gasteiger partial charge in [0.1, 0.15) is 11.5 Å². The van der Waals surface area contributed by atoms with E-state index in [0.717, 1.165) is 17.7 Å². The molecule has 6 rings (SSSR count). The molecule has 2 aromatic heterocycles. The van der Waals surface area contributed by atoms with Gasteiger partial charge in [-0.25, -0.2) is 13.4 Å². The van der Waals surface area contributed by atoms with E-state index in [-0.39, 0.29) is 35.9 Å². The number of fused-ring (bicyclic) bond motifs is 3. The maximum atomic E-state index is 14.0. The molecule has 3 atom stereocenters. The Morgan fingerprint density at radius 2 is 1.89 bits per heavy atom. The lowest BCUT2D eigenvalue weighted by molar-refractivity contribution is -0.137. The largest absolute Gasteiger partial charge is 0.417 e. The van der Waals surface area contributed by atoms with Crippen LogP contribution in [0, 0.1) is 0 Å². The predicted molar refractivity (Wildman–Crippen MR) is 156 cm³/mol. The van der Waals surface area contributed by atoms with Crippen molar-refractivity contribution in [3.05, 3.63) is 75.2 Å². The van der Waals surface area contributed by atoms with Crippen LogP contribution in [0.25, 0.3) is 0 Å². The molecule has 0 aliphatic carbocycles. The minimum atomic E-state index is -4.72. The van der Waals surface area contributed by atoms with Gasteiger partial charge in [-0.1, -0.05) is 17.7 Å². The molecule has 3 aliphatic heterocycles. The molecule has 0 unspecified atom stereocenters. The second-order valence-corrected chi connectivity index (χ2v) is 14.0. The van der Waals surface area contributed by atoms with Gasteiger partial charge < -0.3 is 9.80 Å². The van der Waals surface area contributed by atoms with Crippen molar-refractivity contribution in [2.45, 2.75) is 64.5 Å². The summed E-state index contributed by atoms with van der Waals surface area (Å²) in [6.45, 7) is 6.34. The number of rotatable bonds is 4. The normalized spacial score (nSPS) is 22.2. The lowest BCUT2D eigenvalue weighted by Gasteiger charge is -2.37. The van der Waals surface area contributed by atoms with Crippen molar-refractivity contribution in [1.29, 1.82) is 0 Å². The average molecular weight is 651 g/mol. The number of hydrogen-bond acceptors (Lipinski definition) is 6. The summed E-state index contributed by atoms with van der Waals surface area (Å²) >= 11 is 5.77. The smallest absolute Gasteiger partial charge is 0.331 e. The molecule has 10 nitrogen and oxygen atoms in total. The predicted octanol–water partition coefficient (Wildman–Crippen LogP) is 4.86. The molecule has 0 bridgehead atoms. The summed E-state index contributed by atoms with van der Waals surface area (Å²) < 4.78 is 68.0. The lowest BCUT2D eigenvalue weighted by atomic mass is 9.96. The first-order chi connectivity index (χ1) is 20.7. The minimum Gasteiger partial charge on any atom is -0.331 e. The van der Waals surface area contributed by atoms with E-state index in [1.165, 1.54) is 15.3 Å². The number of pyridine rings is 1. The Morgan fingerprint density at radius 1 is 1.14 bits per heavy atom. The standard InChI is InChI=1S/C29H30ClF3N6O4S/c1-16-11-24-21(15-36(16)27(40)19-5-7-23(30)22(12-19)29(31,32)33)26-28(41)37(14-17(2)39(26)35-24)18(3)20-6-8-25(34-13-20)38-9-4-10-44(38,42)43/h5-8,12-13,16-18H,4,9-11,14-15H2,1-3H3/t16-,17-,18-/m1/s1. The first-order valence-corrected chi connectivity index (χ1v) is 16.2. The highest BCUT2D eigenvalue weighted by atomic mass is 35.5. The third kappa shape index (κ3) is 5.11. The topological polar surface area (TPSA) is 109 Å². The van der Waals surface area contributed by atoms with Gasteiger partial charge in [0.15, 0.2) is 0 Å². The van der Waals surface area contributed by atoms with Crippen LogP contribution in [0.1, 0.15) is 82.5 Å². The van der Waals surface area contributed by atoms with Gasteiger partial charge in [0.2, 0.25) is 10.0 Å². The average Bonchev–Trinajstić information content (AvgIpc) is 3.52. The van der Waals surface area contributed by atoms with Gasteiger partial charge in [0.25, 0.3) is 11.8 Å². The lowest BCUT2D eigenvalue weighted by Crippen LogP contribution is -2.45. The zero-order chi connectivity index (χ0) is 31.7. The molecule has 0 spiro atoms. The molecule has 44 heavy (non-hydrogen) atoms. The van der Waals surface area contributed by atoms with Crippen molar-refractivity contribution in [2.24, 2.45) is 0 Å². The first kappa shape index (κ1) is 30.4. The minimum absolute atomic E-state index is 0.00981. The molecule has 0 saturated carbocycles. The van der Waals surface area contributed by atoms with Crippen LogP contribution in [-0.2, 0) is 29.2 Å². The van der Waals surface area contributed by atoms with Gasteiger partial charge >= 0.3 is 6.18 Å². The van der Waals surface area contributed by atoms with E-state index in [2.05, 4.69) is 4.98 Å². The van der Waals surface area contributed by atoms with Crippen LogP contribution in [0.15, 0.2) is 36.5 Å². The van der Waals surface area contributed by atoms with E-state index in [4.69, 9.17) is 16.7 Å². The Hall–Kier alpha value is -3.65. The molecule has 3 aromatic rings. The Morgan fingerprint density at radius 3 is 2.52 bits per heavy atom. The van der Waals surface area contributed by atoms with Crippen molar-refractivity contribution in [3.8, 4) is 0 Å². The third-order valence-corrected chi connectivity index (χ3v) is 10.8. The van der Waals surface area contributed by atoms with E-state index in [1.807, 2.05) is 13.8 Å².